The normalized spacial score (nSPS) is 19.4. The number of anilines is 2. The quantitative estimate of drug-likeness (QED) is 0.156. The number of fused-ring (bicyclic) bond motifs is 1. The van der Waals surface area contributed by atoms with Crippen molar-refractivity contribution in [2.24, 2.45) is 0 Å². The molecule has 0 amide bonds. The molecule has 0 aliphatic carbocycles. The number of hydrogen-bond acceptors (Lipinski definition) is 11. The first-order chi connectivity index (χ1) is 23.1. The van der Waals surface area contributed by atoms with Crippen molar-refractivity contribution in [1.82, 2.24) is 39.3 Å². The van der Waals surface area contributed by atoms with Crippen molar-refractivity contribution in [3.05, 3.63) is 120 Å². The van der Waals surface area contributed by atoms with Crippen molar-refractivity contribution < 1.29 is 14.9 Å². The van der Waals surface area contributed by atoms with Crippen molar-refractivity contribution in [1.29, 1.82) is 0 Å². The van der Waals surface area contributed by atoms with Crippen molar-refractivity contribution in [3.63, 3.8) is 0 Å². The molecule has 0 spiro atoms. The van der Waals surface area contributed by atoms with Gasteiger partial charge in [0.2, 0.25) is 5.95 Å². The van der Waals surface area contributed by atoms with E-state index in [0.29, 0.717) is 54.8 Å². The molecule has 240 valence electrons. The number of benzene rings is 2. The fourth-order valence-electron chi connectivity index (χ4n) is 5.85. The molecule has 6 aromatic rings. The Bertz CT molecular complexity index is 1860. The van der Waals surface area contributed by atoms with Crippen molar-refractivity contribution >= 4 is 22.9 Å². The average Bonchev–Trinajstić information content (AvgIpc) is 3.84. The van der Waals surface area contributed by atoms with E-state index in [-0.39, 0.29) is 5.92 Å². The van der Waals surface area contributed by atoms with E-state index in [1.165, 1.54) is 0 Å². The largest absolute Gasteiger partial charge is 0.387 e. The molecule has 1 fully saturated rings. The number of nitrogens with zero attached hydrogens (tertiary/aromatic N) is 8. The number of imidazole rings is 1. The minimum absolute atomic E-state index is 0.0383. The summed E-state index contributed by atoms with van der Waals surface area (Å²) in [5.41, 5.74) is 4.21. The zero-order valence-electron chi connectivity index (χ0n) is 25.8. The first-order valence-electron chi connectivity index (χ1n) is 15.7. The molecule has 4 atom stereocenters. The van der Waals surface area contributed by atoms with Crippen LogP contribution in [-0.2, 0) is 17.7 Å². The van der Waals surface area contributed by atoms with E-state index in [1.54, 1.807) is 28.1 Å². The van der Waals surface area contributed by atoms with E-state index in [0.717, 1.165) is 16.8 Å². The minimum Gasteiger partial charge on any atom is -0.387 e. The van der Waals surface area contributed by atoms with Crippen LogP contribution in [0.4, 0.5) is 11.8 Å². The van der Waals surface area contributed by atoms with E-state index < -0.39 is 24.5 Å². The van der Waals surface area contributed by atoms with Crippen LogP contribution < -0.4 is 10.6 Å². The van der Waals surface area contributed by atoms with Crippen molar-refractivity contribution in [3.8, 4) is 0 Å². The maximum atomic E-state index is 11.2. The summed E-state index contributed by atoms with van der Waals surface area (Å²) in [6.07, 6.45) is 1.12. The predicted molar refractivity (Wildman–Crippen MR) is 176 cm³/mol. The highest BCUT2D eigenvalue weighted by atomic mass is 16.6. The van der Waals surface area contributed by atoms with Crippen LogP contribution in [0, 0.1) is 0 Å². The van der Waals surface area contributed by atoms with Gasteiger partial charge in [-0.15, -0.1) is 0 Å². The van der Waals surface area contributed by atoms with Crippen LogP contribution in [0.15, 0.2) is 97.7 Å². The number of pyridine rings is 1. The molecule has 2 aromatic carbocycles. The minimum atomic E-state index is -1.28. The van der Waals surface area contributed by atoms with E-state index in [4.69, 9.17) is 14.7 Å². The summed E-state index contributed by atoms with van der Waals surface area (Å²) < 4.78 is 9.46. The first kappa shape index (κ1) is 30.4. The van der Waals surface area contributed by atoms with Crippen LogP contribution in [0.25, 0.3) is 11.2 Å². The number of aryl methyl sites for hydroxylation is 1. The second kappa shape index (κ2) is 13.6. The highest BCUT2D eigenvalue weighted by molar-refractivity contribution is 5.84. The van der Waals surface area contributed by atoms with Crippen LogP contribution in [0.5, 0.6) is 0 Å². The van der Waals surface area contributed by atoms with Gasteiger partial charge in [-0.3, -0.25) is 14.2 Å². The van der Waals surface area contributed by atoms with Crippen LogP contribution in [0.3, 0.4) is 0 Å². The molecule has 1 aliphatic rings. The lowest BCUT2D eigenvalue weighted by molar-refractivity contribution is -0.0383. The Kier molecular flexibility index (Phi) is 8.82. The standard InChI is InChI=1S/C34H36N10O3/c1-2-43-20-39-31(42-43)29-27(45)28(46)33(47-29)44-21-38-26-30(40-34(41-32(26)44)36-18-16-24-15-9-10-17-35-24)37-19-25(22-11-5-3-6-12-22)23-13-7-4-8-14-23/h3-15,17,20-21,25,27-29,33,45-46H,2,16,18-19H2,1H3,(H2,36,37,40,41)/t27-,28+,29-,33+/m0/s1. The molecule has 13 nitrogen and oxygen atoms in total. The second-order valence-corrected chi connectivity index (χ2v) is 11.4. The van der Waals surface area contributed by atoms with Crippen LogP contribution in [-0.4, -0.2) is 74.8 Å². The average molecular weight is 633 g/mol. The Morgan fingerprint density at radius 3 is 2.26 bits per heavy atom. The number of rotatable bonds is 12. The molecule has 7 rings (SSSR count). The van der Waals surface area contributed by atoms with Gasteiger partial charge in [-0.25, -0.2) is 9.97 Å². The summed E-state index contributed by atoms with van der Waals surface area (Å²) in [5.74, 6) is 1.24. The van der Waals surface area contributed by atoms with Gasteiger partial charge in [-0.05, 0) is 30.2 Å². The predicted octanol–water partition coefficient (Wildman–Crippen LogP) is 3.72. The summed E-state index contributed by atoms with van der Waals surface area (Å²) in [4.78, 5) is 23.0. The molecule has 0 saturated carbocycles. The van der Waals surface area contributed by atoms with Crippen LogP contribution >= 0.6 is 0 Å². The Labute approximate surface area is 271 Å². The van der Waals surface area contributed by atoms with Gasteiger partial charge in [-0.1, -0.05) is 66.7 Å². The van der Waals surface area contributed by atoms with E-state index in [1.807, 2.05) is 61.5 Å². The van der Waals surface area contributed by atoms with Gasteiger partial charge in [0, 0.05) is 43.9 Å². The molecule has 13 heteroatoms. The number of aliphatic hydroxyl groups excluding tert-OH is 2. The lowest BCUT2D eigenvalue weighted by Crippen LogP contribution is -2.29. The van der Waals surface area contributed by atoms with Gasteiger partial charge in [0.05, 0.1) is 6.33 Å². The van der Waals surface area contributed by atoms with Crippen LogP contribution in [0.1, 0.15) is 47.8 Å². The van der Waals surface area contributed by atoms with Gasteiger partial charge in [0.15, 0.2) is 35.1 Å². The van der Waals surface area contributed by atoms with Gasteiger partial charge in [0.1, 0.15) is 18.5 Å². The topological polar surface area (TPSA) is 161 Å². The number of aromatic nitrogens is 8. The summed E-state index contributed by atoms with van der Waals surface area (Å²) in [7, 11) is 0. The lowest BCUT2D eigenvalue weighted by atomic mass is 9.91. The molecule has 1 saturated heterocycles. The fourth-order valence-corrected chi connectivity index (χ4v) is 5.85. The molecule has 0 bridgehead atoms. The van der Waals surface area contributed by atoms with Gasteiger partial charge >= 0.3 is 0 Å². The highest BCUT2D eigenvalue weighted by Crippen LogP contribution is 2.39. The molecule has 1 aliphatic heterocycles. The second-order valence-electron chi connectivity index (χ2n) is 11.4. The Morgan fingerprint density at radius 1 is 0.830 bits per heavy atom. The lowest BCUT2D eigenvalue weighted by Gasteiger charge is -2.20. The summed E-state index contributed by atoms with van der Waals surface area (Å²) in [6, 6.07) is 26.5. The molecule has 4 N–H and O–H groups in total. The molecule has 47 heavy (non-hydrogen) atoms. The van der Waals surface area contributed by atoms with Crippen LogP contribution in [0.2, 0.25) is 0 Å². The number of nitrogens with one attached hydrogen (secondary N) is 2. The molecular formula is C34H36N10O3. The third kappa shape index (κ3) is 6.41. The fraction of sp³-hybridized carbons (Fsp3) is 0.294. The Balaban J connectivity index is 1.21. The molecular weight excluding hydrogens is 596 g/mol. The van der Waals surface area contributed by atoms with E-state index >= 15 is 0 Å². The number of ether oxygens (including phenoxy) is 1. The summed E-state index contributed by atoms with van der Waals surface area (Å²) >= 11 is 0. The molecule has 0 radical (unpaired) electrons. The maximum absolute atomic E-state index is 11.2. The summed E-state index contributed by atoms with van der Waals surface area (Å²) in [5, 5.41) is 33.4. The van der Waals surface area contributed by atoms with E-state index in [2.05, 4.69) is 54.9 Å². The van der Waals surface area contributed by atoms with E-state index in [9.17, 15) is 10.2 Å². The van der Waals surface area contributed by atoms with Crippen molar-refractivity contribution in [2.75, 3.05) is 23.7 Å². The summed E-state index contributed by atoms with van der Waals surface area (Å²) in [6.45, 7) is 3.64. The zero-order chi connectivity index (χ0) is 32.2. The number of hydrogen-bond donors (Lipinski definition) is 4. The third-order valence-electron chi connectivity index (χ3n) is 8.33. The smallest absolute Gasteiger partial charge is 0.226 e. The maximum Gasteiger partial charge on any atom is 0.226 e. The molecule has 5 heterocycles. The Morgan fingerprint density at radius 2 is 1.57 bits per heavy atom. The molecule has 4 aromatic heterocycles. The van der Waals surface area contributed by atoms with Gasteiger partial charge < -0.3 is 25.6 Å². The van der Waals surface area contributed by atoms with Gasteiger partial charge in [0.25, 0.3) is 0 Å². The Hall–Kier alpha value is -5.24. The molecule has 0 unspecified atom stereocenters. The first-order valence-corrected chi connectivity index (χ1v) is 15.7. The third-order valence-corrected chi connectivity index (χ3v) is 8.33. The zero-order valence-corrected chi connectivity index (χ0v) is 25.8. The van der Waals surface area contributed by atoms with Gasteiger partial charge in [-0.2, -0.15) is 15.1 Å². The monoisotopic (exact) mass is 632 g/mol. The SMILES string of the molecule is CCn1cnc([C@H]2O[C@@H](n3cnc4c(NCC(c5ccccc5)c5ccccc5)nc(NCCc5ccccn5)nc43)[C@H](O)[C@@H]2O)n1. The highest BCUT2D eigenvalue weighted by Gasteiger charge is 2.47. The van der Waals surface area contributed by atoms with Crippen molar-refractivity contribution in [2.45, 2.75) is 50.3 Å². The number of aliphatic hydroxyl groups is 2.